The lowest BCUT2D eigenvalue weighted by Crippen LogP contribution is -2.24. The first-order valence-electron chi connectivity index (χ1n) is 5.74. The Labute approximate surface area is 102 Å². The van der Waals surface area contributed by atoms with Crippen molar-refractivity contribution in [2.24, 2.45) is 5.73 Å². The van der Waals surface area contributed by atoms with Crippen molar-refractivity contribution >= 4 is 11.3 Å². The first kappa shape index (κ1) is 13.6. The second-order valence-electron chi connectivity index (χ2n) is 4.34. The summed E-state index contributed by atoms with van der Waals surface area (Å²) in [5.41, 5.74) is 7.22. The van der Waals surface area contributed by atoms with Gasteiger partial charge in [-0.05, 0) is 33.6 Å². The second kappa shape index (κ2) is 6.33. The van der Waals surface area contributed by atoms with Gasteiger partial charge in [0.25, 0.3) is 0 Å². The SMILES string of the molecule is COC(C)CCC(N)Cc1nc(C)c(C)s1. The molecule has 2 N–H and O–H groups in total. The van der Waals surface area contributed by atoms with Crippen LogP contribution in [0.15, 0.2) is 0 Å². The molecular weight excluding hydrogens is 220 g/mol. The van der Waals surface area contributed by atoms with Crippen LogP contribution < -0.4 is 5.73 Å². The van der Waals surface area contributed by atoms with Crippen LogP contribution >= 0.6 is 11.3 Å². The van der Waals surface area contributed by atoms with Crippen molar-refractivity contribution in [3.05, 3.63) is 15.6 Å². The Balaban J connectivity index is 2.36. The molecule has 0 spiro atoms. The summed E-state index contributed by atoms with van der Waals surface area (Å²) in [6.45, 7) is 6.23. The summed E-state index contributed by atoms with van der Waals surface area (Å²) in [5.74, 6) is 0. The van der Waals surface area contributed by atoms with Crippen molar-refractivity contribution in [3.8, 4) is 0 Å². The number of aromatic nitrogens is 1. The molecule has 2 atom stereocenters. The number of nitrogens with two attached hydrogens (primary N) is 1. The Hall–Kier alpha value is -0.450. The van der Waals surface area contributed by atoms with Gasteiger partial charge in [0.15, 0.2) is 0 Å². The molecule has 0 bridgehead atoms. The molecule has 0 aliphatic heterocycles. The molecule has 1 rings (SSSR count). The van der Waals surface area contributed by atoms with Crippen molar-refractivity contribution < 1.29 is 4.74 Å². The molecule has 2 unspecified atom stereocenters. The van der Waals surface area contributed by atoms with Crippen molar-refractivity contribution in [2.75, 3.05) is 7.11 Å². The van der Waals surface area contributed by atoms with E-state index in [0.717, 1.165) is 30.0 Å². The summed E-state index contributed by atoms with van der Waals surface area (Å²) in [6, 6.07) is 0.197. The van der Waals surface area contributed by atoms with Crippen LogP contribution in [0.4, 0.5) is 0 Å². The zero-order valence-corrected chi connectivity index (χ0v) is 11.4. The van der Waals surface area contributed by atoms with Crippen molar-refractivity contribution in [1.29, 1.82) is 0 Å². The lowest BCUT2D eigenvalue weighted by Gasteiger charge is -2.13. The topological polar surface area (TPSA) is 48.1 Å². The molecule has 0 fully saturated rings. The van der Waals surface area contributed by atoms with E-state index in [-0.39, 0.29) is 6.04 Å². The van der Waals surface area contributed by atoms with E-state index in [2.05, 4.69) is 18.8 Å². The van der Waals surface area contributed by atoms with Crippen LogP contribution in [0, 0.1) is 13.8 Å². The van der Waals surface area contributed by atoms with Gasteiger partial charge in [0.2, 0.25) is 0 Å². The Morgan fingerprint density at radius 1 is 1.38 bits per heavy atom. The van der Waals surface area contributed by atoms with Gasteiger partial charge in [0, 0.05) is 24.4 Å². The van der Waals surface area contributed by atoms with Crippen molar-refractivity contribution in [1.82, 2.24) is 4.98 Å². The van der Waals surface area contributed by atoms with Gasteiger partial charge in [-0.3, -0.25) is 0 Å². The molecule has 0 amide bonds. The fraction of sp³-hybridized carbons (Fsp3) is 0.750. The highest BCUT2D eigenvalue weighted by molar-refractivity contribution is 7.11. The highest BCUT2D eigenvalue weighted by atomic mass is 32.1. The molecule has 3 nitrogen and oxygen atoms in total. The minimum atomic E-state index is 0.197. The molecule has 1 aromatic rings. The predicted molar refractivity (Wildman–Crippen MR) is 69.0 cm³/mol. The molecule has 0 radical (unpaired) electrons. The quantitative estimate of drug-likeness (QED) is 0.833. The van der Waals surface area contributed by atoms with Gasteiger partial charge < -0.3 is 10.5 Å². The zero-order chi connectivity index (χ0) is 12.1. The molecule has 0 aromatic carbocycles. The van der Waals surface area contributed by atoms with E-state index in [4.69, 9.17) is 10.5 Å². The molecule has 1 heterocycles. The number of nitrogens with zero attached hydrogens (tertiary/aromatic N) is 1. The number of rotatable bonds is 6. The van der Waals surface area contributed by atoms with Gasteiger partial charge in [-0.25, -0.2) is 4.98 Å². The Bertz CT molecular complexity index is 305. The van der Waals surface area contributed by atoms with Gasteiger partial charge in [0.1, 0.15) is 0 Å². The zero-order valence-electron chi connectivity index (χ0n) is 10.6. The van der Waals surface area contributed by atoms with Gasteiger partial charge in [-0.1, -0.05) is 0 Å². The third-order valence-corrected chi connectivity index (χ3v) is 3.95. The fourth-order valence-electron chi connectivity index (χ4n) is 1.52. The average Bonchev–Trinajstić information content (AvgIpc) is 2.54. The molecular formula is C12H22N2OS. The molecule has 0 aliphatic rings. The monoisotopic (exact) mass is 242 g/mol. The van der Waals surface area contributed by atoms with Crippen LogP contribution in [0.1, 0.15) is 35.3 Å². The Kier molecular flexibility index (Phi) is 5.38. The molecule has 16 heavy (non-hydrogen) atoms. The normalized spacial score (nSPS) is 15.1. The minimum Gasteiger partial charge on any atom is -0.382 e. The van der Waals surface area contributed by atoms with E-state index in [9.17, 15) is 0 Å². The minimum absolute atomic E-state index is 0.197. The summed E-state index contributed by atoms with van der Waals surface area (Å²) in [5, 5.41) is 1.16. The molecule has 1 aromatic heterocycles. The third kappa shape index (κ3) is 4.20. The van der Waals surface area contributed by atoms with Gasteiger partial charge >= 0.3 is 0 Å². The number of thiazole rings is 1. The Morgan fingerprint density at radius 2 is 2.06 bits per heavy atom. The van der Waals surface area contributed by atoms with E-state index < -0.39 is 0 Å². The van der Waals surface area contributed by atoms with Crippen LogP contribution in [0.25, 0.3) is 0 Å². The van der Waals surface area contributed by atoms with Crippen LogP contribution in [-0.2, 0) is 11.2 Å². The number of hydrogen-bond acceptors (Lipinski definition) is 4. The smallest absolute Gasteiger partial charge is 0.0946 e. The van der Waals surface area contributed by atoms with Crippen LogP contribution in [0.5, 0.6) is 0 Å². The second-order valence-corrected chi connectivity index (χ2v) is 5.62. The standard InChI is InChI=1S/C12H22N2OS/c1-8(15-4)5-6-11(13)7-12-14-9(2)10(3)16-12/h8,11H,5-7,13H2,1-4H3. The molecule has 92 valence electrons. The fourth-order valence-corrected chi connectivity index (χ4v) is 2.55. The Morgan fingerprint density at radius 3 is 2.56 bits per heavy atom. The van der Waals surface area contributed by atoms with Gasteiger partial charge in [-0.15, -0.1) is 11.3 Å². The van der Waals surface area contributed by atoms with E-state index in [0.29, 0.717) is 6.10 Å². The predicted octanol–water partition coefficient (Wildman–Crippen LogP) is 2.44. The van der Waals surface area contributed by atoms with E-state index in [1.165, 1.54) is 4.88 Å². The lowest BCUT2D eigenvalue weighted by atomic mass is 10.1. The lowest BCUT2D eigenvalue weighted by molar-refractivity contribution is 0.107. The van der Waals surface area contributed by atoms with Crippen molar-refractivity contribution in [3.63, 3.8) is 0 Å². The average molecular weight is 242 g/mol. The third-order valence-electron chi connectivity index (χ3n) is 2.86. The first-order chi connectivity index (χ1) is 7.52. The first-order valence-corrected chi connectivity index (χ1v) is 6.55. The molecule has 0 saturated carbocycles. The summed E-state index contributed by atoms with van der Waals surface area (Å²) in [4.78, 5) is 5.80. The summed E-state index contributed by atoms with van der Waals surface area (Å²) < 4.78 is 5.21. The maximum atomic E-state index is 6.08. The van der Waals surface area contributed by atoms with Crippen LogP contribution in [-0.4, -0.2) is 24.2 Å². The number of methoxy groups -OCH3 is 1. The summed E-state index contributed by atoms with van der Waals surface area (Å²) >= 11 is 1.76. The highest BCUT2D eigenvalue weighted by Gasteiger charge is 2.10. The largest absolute Gasteiger partial charge is 0.382 e. The van der Waals surface area contributed by atoms with Gasteiger partial charge in [0.05, 0.1) is 16.8 Å². The van der Waals surface area contributed by atoms with E-state index in [1.807, 2.05) is 6.92 Å². The number of hydrogen-bond donors (Lipinski definition) is 1. The summed E-state index contributed by atoms with van der Waals surface area (Å²) in [7, 11) is 1.74. The maximum absolute atomic E-state index is 6.08. The summed E-state index contributed by atoms with van der Waals surface area (Å²) in [6.07, 6.45) is 3.19. The van der Waals surface area contributed by atoms with E-state index in [1.54, 1.807) is 18.4 Å². The van der Waals surface area contributed by atoms with Gasteiger partial charge in [-0.2, -0.15) is 0 Å². The molecule has 4 heteroatoms. The number of ether oxygens (including phenoxy) is 1. The highest BCUT2D eigenvalue weighted by Crippen LogP contribution is 2.18. The number of aryl methyl sites for hydroxylation is 2. The van der Waals surface area contributed by atoms with Crippen LogP contribution in [0.3, 0.4) is 0 Å². The molecule has 0 saturated heterocycles. The molecule has 0 aliphatic carbocycles. The maximum Gasteiger partial charge on any atom is 0.0946 e. The van der Waals surface area contributed by atoms with Crippen LogP contribution in [0.2, 0.25) is 0 Å². The van der Waals surface area contributed by atoms with Crippen molar-refractivity contribution in [2.45, 2.75) is 52.2 Å². The van der Waals surface area contributed by atoms with E-state index >= 15 is 0 Å².